The first-order valence-corrected chi connectivity index (χ1v) is 6.71. The molecule has 1 heterocycles. The van der Waals surface area contributed by atoms with Gasteiger partial charge >= 0.3 is 0 Å². The molecule has 1 aromatic heterocycles. The summed E-state index contributed by atoms with van der Waals surface area (Å²) >= 11 is 0. The lowest BCUT2D eigenvalue weighted by Gasteiger charge is -2.02. The lowest BCUT2D eigenvalue weighted by molar-refractivity contribution is -0.384. The van der Waals surface area contributed by atoms with Crippen LogP contribution in [0, 0.1) is 10.1 Å². The van der Waals surface area contributed by atoms with Gasteiger partial charge in [-0.15, -0.1) is 0 Å². The Morgan fingerprint density at radius 2 is 2.00 bits per heavy atom. The van der Waals surface area contributed by atoms with Crippen LogP contribution >= 0.6 is 0 Å². The van der Waals surface area contributed by atoms with Crippen molar-refractivity contribution < 1.29 is 18.9 Å². The van der Waals surface area contributed by atoms with Gasteiger partial charge in [-0.3, -0.25) is 14.9 Å². The molecule has 0 saturated heterocycles. The number of fused-ring (bicyclic) bond motifs is 1. The molecule has 0 saturated carbocycles. The predicted molar refractivity (Wildman–Crippen MR) is 83.8 cm³/mol. The van der Waals surface area contributed by atoms with Crippen LogP contribution in [0.5, 0.6) is 5.75 Å². The first kappa shape index (κ1) is 14.6. The molecule has 7 heteroatoms. The number of hydrogen-bond donors (Lipinski definition) is 1. The van der Waals surface area contributed by atoms with Crippen molar-refractivity contribution in [3.05, 3.63) is 64.4 Å². The van der Waals surface area contributed by atoms with Crippen LogP contribution in [0.15, 0.2) is 52.9 Å². The van der Waals surface area contributed by atoms with Crippen LogP contribution in [-0.4, -0.2) is 17.9 Å². The van der Waals surface area contributed by atoms with E-state index < -0.39 is 10.8 Å². The zero-order valence-electron chi connectivity index (χ0n) is 12.1. The molecule has 3 rings (SSSR count). The summed E-state index contributed by atoms with van der Waals surface area (Å²) in [4.78, 5) is 22.5. The van der Waals surface area contributed by atoms with E-state index in [0.29, 0.717) is 17.0 Å². The van der Waals surface area contributed by atoms with Gasteiger partial charge in [0.2, 0.25) is 0 Å². The number of nitrogens with zero attached hydrogens (tertiary/aromatic N) is 1. The van der Waals surface area contributed by atoms with E-state index in [-0.39, 0.29) is 11.4 Å². The molecular formula is C16H12N2O5. The molecule has 0 aliphatic heterocycles. The fourth-order valence-corrected chi connectivity index (χ4v) is 2.20. The Bertz CT molecular complexity index is 900. The first-order valence-electron chi connectivity index (χ1n) is 6.71. The van der Waals surface area contributed by atoms with Gasteiger partial charge < -0.3 is 14.5 Å². The number of amides is 1. The molecule has 0 unspecified atom stereocenters. The summed E-state index contributed by atoms with van der Waals surface area (Å²) in [6.07, 6.45) is 0. The summed E-state index contributed by atoms with van der Waals surface area (Å²) in [5, 5.41) is 14.1. The van der Waals surface area contributed by atoms with E-state index in [9.17, 15) is 14.9 Å². The highest BCUT2D eigenvalue weighted by Crippen LogP contribution is 2.29. The fraction of sp³-hybridized carbons (Fsp3) is 0.0625. The molecule has 0 radical (unpaired) electrons. The maximum absolute atomic E-state index is 12.2. The lowest BCUT2D eigenvalue weighted by Crippen LogP contribution is -2.10. The average molecular weight is 312 g/mol. The minimum Gasteiger partial charge on any atom is -0.493 e. The number of methoxy groups -OCH3 is 1. The Balaban J connectivity index is 1.89. The number of anilines is 1. The van der Waals surface area contributed by atoms with Gasteiger partial charge in [0, 0.05) is 23.2 Å². The summed E-state index contributed by atoms with van der Waals surface area (Å²) in [5.41, 5.74) is 0.685. The highest BCUT2D eigenvalue weighted by Gasteiger charge is 2.16. The molecule has 0 fully saturated rings. The number of nitro groups is 1. The van der Waals surface area contributed by atoms with E-state index in [1.54, 1.807) is 30.3 Å². The zero-order chi connectivity index (χ0) is 16.4. The summed E-state index contributed by atoms with van der Waals surface area (Å²) in [6.45, 7) is 0. The number of furan rings is 1. The Morgan fingerprint density at radius 3 is 2.74 bits per heavy atom. The molecule has 0 bridgehead atoms. The average Bonchev–Trinajstić information content (AvgIpc) is 2.99. The number of nitrogens with one attached hydrogen (secondary N) is 1. The monoisotopic (exact) mass is 312 g/mol. The van der Waals surface area contributed by atoms with Gasteiger partial charge in [-0.2, -0.15) is 0 Å². The van der Waals surface area contributed by atoms with Gasteiger partial charge in [0.15, 0.2) is 17.1 Å². The van der Waals surface area contributed by atoms with Gasteiger partial charge in [0.25, 0.3) is 11.6 Å². The van der Waals surface area contributed by atoms with Crippen LogP contribution in [0.4, 0.5) is 11.4 Å². The lowest BCUT2D eigenvalue weighted by atomic mass is 10.2. The molecule has 0 spiro atoms. The van der Waals surface area contributed by atoms with Crippen molar-refractivity contribution >= 4 is 28.3 Å². The molecule has 1 N–H and O–H groups in total. The second-order valence-corrected chi connectivity index (χ2v) is 4.75. The van der Waals surface area contributed by atoms with Crippen molar-refractivity contribution in [3.8, 4) is 5.75 Å². The molecule has 3 aromatic rings. The molecule has 7 nitrogen and oxygen atoms in total. The van der Waals surface area contributed by atoms with Crippen molar-refractivity contribution in [2.24, 2.45) is 0 Å². The summed E-state index contributed by atoms with van der Waals surface area (Å²) in [7, 11) is 1.51. The third-order valence-corrected chi connectivity index (χ3v) is 3.27. The second-order valence-electron chi connectivity index (χ2n) is 4.75. The number of rotatable bonds is 4. The van der Waals surface area contributed by atoms with E-state index in [1.807, 2.05) is 0 Å². The molecule has 0 atom stereocenters. The Labute approximate surface area is 130 Å². The van der Waals surface area contributed by atoms with E-state index in [4.69, 9.17) is 9.15 Å². The quantitative estimate of drug-likeness (QED) is 0.586. The third-order valence-electron chi connectivity index (χ3n) is 3.27. The maximum Gasteiger partial charge on any atom is 0.291 e. The van der Waals surface area contributed by atoms with Crippen molar-refractivity contribution in [1.82, 2.24) is 0 Å². The second kappa shape index (κ2) is 5.80. The highest BCUT2D eigenvalue weighted by molar-refractivity contribution is 6.05. The fourth-order valence-electron chi connectivity index (χ4n) is 2.20. The number of carbonyl (C=O) groups excluding carboxylic acids is 1. The largest absolute Gasteiger partial charge is 0.493 e. The molecule has 2 aromatic carbocycles. The number of hydrogen-bond acceptors (Lipinski definition) is 5. The zero-order valence-corrected chi connectivity index (χ0v) is 12.1. The van der Waals surface area contributed by atoms with E-state index in [0.717, 1.165) is 5.39 Å². The topological polar surface area (TPSA) is 94.6 Å². The number of para-hydroxylation sites is 1. The standard InChI is InChI=1S/C16H12N2O5/c1-22-13-7-2-4-10-8-14(23-15(10)13)16(19)17-11-5-3-6-12(9-11)18(20)21/h2-9H,1H3,(H,17,19). The van der Waals surface area contributed by atoms with Crippen molar-refractivity contribution in [2.75, 3.05) is 12.4 Å². The smallest absolute Gasteiger partial charge is 0.291 e. The molecule has 0 aliphatic carbocycles. The van der Waals surface area contributed by atoms with Crippen LogP contribution in [0.25, 0.3) is 11.0 Å². The van der Waals surface area contributed by atoms with Gasteiger partial charge in [0.1, 0.15) is 0 Å². The van der Waals surface area contributed by atoms with Crippen molar-refractivity contribution in [2.45, 2.75) is 0 Å². The Kier molecular flexibility index (Phi) is 3.68. The predicted octanol–water partition coefficient (Wildman–Crippen LogP) is 3.60. The minimum absolute atomic E-state index is 0.0935. The molecule has 1 amide bonds. The number of nitro benzene ring substituents is 1. The van der Waals surface area contributed by atoms with Crippen molar-refractivity contribution in [1.29, 1.82) is 0 Å². The van der Waals surface area contributed by atoms with Crippen LogP contribution < -0.4 is 10.1 Å². The number of non-ortho nitro benzene ring substituents is 1. The summed E-state index contributed by atoms with van der Waals surface area (Å²) < 4.78 is 10.7. The highest BCUT2D eigenvalue weighted by atomic mass is 16.6. The maximum atomic E-state index is 12.2. The van der Waals surface area contributed by atoms with Crippen molar-refractivity contribution in [3.63, 3.8) is 0 Å². The molecular weight excluding hydrogens is 300 g/mol. The summed E-state index contributed by atoms with van der Waals surface area (Å²) in [5.74, 6) is 0.122. The third kappa shape index (κ3) is 2.84. The van der Waals surface area contributed by atoms with Gasteiger partial charge in [0.05, 0.1) is 12.0 Å². The molecule has 0 aliphatic rings. The van der Waals surface area contributed by atoms with Gasteiger partial charge in [-0.25, -0.2) is 0 Å². The summed E-state index contributed by atoms with van der Waals surface area (Å²) in [6, 6.07) is 12.6. The Morgan fingerprint density at radius 1 is 1.22 bits per heavy atom. The van der Waals surface area contributed by atoms with Gasteiger partial charge in [-0.1, -0.05) is 18.2 Å². The number of benzene rings is 2. The minimum atomic E-state index is -0.526. The van der Waals surface area contributed by atoms with E-state index in [2.05, 4.69) is 5.32 Å². The van der Waals surface area contributed by atoms with Crippen LogP contribution in [0.3, 0.4) is 0 Å². The number of ether oxygens (including phenoxy) is 1. The van der Waals surface area contributed by atoms with Gasteiger partial charge in [-0.05, 0) is 18.2 Å². The normalized spacial score (nSPS) is 10.5. The Hall–Kier alpha value is -3.35. The SMILES string of the molecule is COc1cccc2cc(C(=O)Nc3cccc([N+](=O)[O-])c3)oc12. The molecule has 23 heavy (non-hydrogen) atoms. The van der Waals surface area contributed by atoms with E-state index in [1.165, 1.54) is 25.3 Å². The van der Waals surface area contributed by atoms with Crippen LogP contribution in [0.1, 0.15) is 10.6 Å². The first-order chi connectivity index (χ1) is 11.1. The van der Waals surface area contributed by atoms with Crippen LogP contribution in [0.2, 0.25) is 0 Å². The molecule has 116 valence electrons. The van der Waals surface area contributed by atoms with E-state index >= 15 is 0 Å². The number of carbonyl (C=O) groups is 1. The van der Waals surface area contributed by atoms with Crippen LogP contribution in [-0.2, 0) is 0 Å².